The summed E-state index contributed by atoms with van der Waals surface area (Å²) in [7, 11) is 0. The molecule has 0 bridgehead atoms. The Balaban J connectivity index is 1.63. The molecule has 1 atom stereocenters. The lowest BCUT2D eigenvalue weighted by Crippen LogP contribution is -2.30. The second-order valence-corrected chi connectivity index (χ2v) is 8.69. The standard InChI is InChI=1S/C25H34ClN3O3/c1-3-28(4-2)12-7-11-27-17-18-8-5-9-19(14-18)22-10-6-13-29(22)25(32)20-15-21(26)24(31)16-23(20)30/h5,8-9,14-16,22,27,30-31H,3-4,6-7,10-13,17H2,1-2H3. The third kappa shape index (κ3) is 5.94. The first-order chi connectivity index (χ1) is 15.4. The number of phenolic OH excluding ortho intramolecular Hbond substituents is 2. The zero-order valence-electron chi connectivity index (χ0n) is 19.0. The van der Waals surface area contributed by atoms with Gasteiger partial charge in [-0.05, 0) is 62.6 Å². The van der Waals surface area contributed by atoms with E-state index in [9.17, 15) is 15.0 Å². The van der Waals surface area contributed by atoms with Crippen molar-refractivity contribution in [2.24, 2.45) is 0 Å². The predicted molar refractivity (Wildman–Crippen MR) is 128 cm³/mol. The highest BCUT2D eigenvalue weighted by Gasteiger charge is 2.32. The monoisotopic (exact) mass is 459 g/mol. The van der Waals surface area contributed by atoms with E-state index >= 15 is 0 Å². The zero-order chi connectivity index (χ0) is 23.1. The van der Waals surface area contributed by atoms with E-state index in [-0.39, 0.29) is 34.0 Å². The van der Waals surface area contributed by atoms with Gasteiger partial charge in [-0.3, -0.25) is 4.79 Å². The normalized spacial score (nSPS) is 16.1. The van der Waals surface area contributed by atoms with Gasteiger partial charge in [-0.25, -0.2) is 0 Å². The fraction of sp³-hybridized carbons (Fsp3) is 0.480. The Kier molecular flexibility index (Phi) is 8.79. The lowest BCUT2D eigenvalue weighted by molar-refractivity contribution is 0.0732. The van der Waals surface area contributed by atoms with Crippen LogP contribution in [0.3, 0.4) is 0 Å². The summed E-state index contributed by atoms with van der Waals surface area (Å²) < 4.78 is 0. The van der Waals surface area contributed by atoms with E-state index in [4.69, 9.17) is 11.6 Å². The SMILES string of the molecule is CCN(CC)CCCNCc1cccc(C2CCCN2C(=O)c2cc(Cl)c(O)cc2O)c1. The lowest BCUT2D eigenvalue weighted by atomic mass is 10.0. The molecule has 6 nitrogen and oxygen atoms in total. The van der Waals surface area contributed by atoms with Crippen LogP contribution in [0.4, 0.5) is 0 Å². The minimum absolute atomic E-state index is 0.0444. The molecule has 1 fully saturated rings. The van der Waals surface area contributed by atoms with E-state index in [1.54, 1.807) is 4.90 Å². The van der Waals surface area contributed by atoms with Gasteiger partial charge in [-0.2, -0.15) is 0 Å². The van der Waals surface area contributed by atoms with Gasteiger partial charge in [0, 0.05) is 19.2 Å². The van der Waals surface area contributed by atoms with Gasteiger partial charge in [0.25, 0.3) is 5.91 Å². The summed E-state index contributed by atoms with van der Waals surface area (Å²) in [5, 5.41) is 23.4. The van der Waals surface area contributed by atoms with Gasteiger partial charge in [0.1, 0.15) is 11.5 Å². The molecule has 3 N–H and O–H groups in total. The minimum Gasteiger partial charge on any atom is -0.507 e. The zero-order valence-corrected chi connectivity index (χ0v) is 19.7. The van der Waals surface area contributed by atoms with E-state index < -0.39 is 0 Å². The number of hydrogen-bond donors (Lipinski definition) is 3. The maximum absolute atomic E-state index is 13.2. The number of phenols is 2. The van der Waals surface area contributed by atoms with E-state index in [0.29, 0.717) is 6.54 Å². The topological polar surface area (TPSA) is 76.0 Å². The van der Waals surface area contributed by atoms with Gasteiger partial charge in [0.15, 0.2) is 0 Å². The Labute approximate surface area is 195 Å². The molecular weight excluding hydrogens is 426 g/mol. The number of carbonyl (C=O) groups excluding carboxylic acids is 1. The van der Waals surface area contributed by atoms with Crippen LogP contribution in [0.1, 0.15) is 60.6 Å². The van der Waals surface area contributed by atoms with Crippen molar-refractivity contribution >= 4 is 17.5 Å². The number of amides is 1. The molecule has 32 heavy (non-hydrogen) atoms. The molecule has 2 aromatic carbocycles. The largest absolute Gasteiger partial charge is 0.507 e. The fourth-order valence-electron chi connectivity index (χ4n) is 4.34. The maximum atomic E-state index is 13.2. The molecule has 1 amide bonds. The number of benzene rings is 2. The molecule has 0 saturated carbocycles. The molecule has 0 aromatic heterocycles. The van der Waals surface area contributed by atoms with Crippen molar-refractivity contribution in [3.8, 4) is 11.5 Å². The Morgan fingerprint density at radius 2 is 1.97 bits per heavy atom. The average Bonchev–Trinajstić information content (AvgIpc) is 3.28. The van der Waals surface area contributed by atoms with Crippen LogP contribution in [0.2, 0.25) is 5.02 Å². The second-order valence-electron chi connectivity index (χ2n) is 8.28. The summed E-state index contributed by atoms with van der Waals surface area (Å²) in [6, 6.07) is 10.8. The van der Waals surface area contributed by atoms with E-state index in [0.717, 1.165) is 63.6 Å². The highest BCUT2D eigenvalue weighted by atomic mass is 35.5. The van der Waals surface area contributed by atoms with Gasteiger partial charge in [-0.15, -0.1) is 0 Å². The van der Waals surface area contributed by atoms with Crippen molar-refractivity contribution in [2.45, 2.75) is 45.7 Å². The third-order valence-corrected chi connectivity index (χ3v) is 6.50. The smallest absolute Gasteiger partial charge is 0.258 e. The number of hydrogen-bond acceptors (Lipinski definition) is 5. The second kappa shape index (κ2) is 11.5. The Bertz CT molecular complexity index is 917. The molecule has 0 radical (unpaired) electrons. The highest BCUT2D eigenvalue weighted by Crippen LogP contribution is 2.37. The van der Waals surface area contributed by atoms with Gasteiger partial charge >= 0.3 is 0 Å². The maximum Gasteiger partial charge on any atom is 0.258 e. The minimum atomic E-state index is -0.271. The van der Waals surface area contributed by atoms with Gasteiger partial charge in [0.05, 0.1) is 16.6 Å². The number of carbonyl (C=O) groups is 1. The molecule has 1 aliphatic rings. The first-order valence-corrected chi connectivity index (χ1v) is 11.9. The summed E-state index contributed by atoms with van der Waals surface area (Å²) >= 11 is 5.97. The summed E-state index contributed by atoms with van der Waals surface area (Å²) in [5.41, 5.74) is 2.41. The summed E-state index contributed by atoms with van der Waals surface area (Å²) in [5.74, 6) is -0.770. The highest BCUT2D eigenvalue weighted by molar-refractivity contribution is 6.32. The number of nitrogens with zero attached hydrogens (tertiary/aromatic N) is 2. The predicted octanol–water partition coefficient (Wildman–Crippen LogP) is 4.55. The summed E-state index contributed by atoms with van der Waals surface area (Å²) in [6.45, 7) is 10.0. The first kappa shape index (κ1) is 24.4. The van der Waals surface area contributed by atoms with Gasteiger partial charge in [0.2, 0.25) is 0 Å². The van der Waals surface area contributed by atoms with Crippen molar-refractivity contribution in [1.82, 2.24) is 15.1 Å². The number of rotatable bonds is 10. The summed E-state index contributed by atoms with van der Waals surface area (Å²) in [4.78, 5) is 17.4. The molecule has 0 spiro atoms. The summed E-state index contributed by atoms with van der Waals surface area (Å²) in [6.07, 6.45) is 2.89. The van der Waals surface area contributed by atoms with Crippen LogP contribution in [0.25, 0.3) is 0 Å². The molecule has 0 aliphatic carbocycles. The van der Waals surface area contributed by atoms with Crippen molar-refractivity contribution in [3.05, 3.63) is 58.1 Å². The fourth-order valence-corrected chi connectivity index (χ4v) is 4.51. The number of likely N-dealkylation sites (tertiary alicyclic amines) is 1. The quantitative estimate of drug-likeness (QED) is 0.454. The van der Waals surface area contributed by atoms with Crippen molar-refractivity contribution in [1.29, 1.82) is 0 Å². The Hall–Kier alpha value is -2.28. The first-order valence-electron chi connectivity index (χ1n) is 11.5. The molecule has 174 valence electrons. The molecule has 7 heteroatoms. The van der Waals surface area contributed by atoms with Crippen LogP contribution in [0.5, 0.6) is 11.5 Å². The Morgan fingerprint density at radius 1 is 1.19 bits per heavy atom. The van der Waals surface area contributed by atoms with Crippen LogP contribution < -0.4 is 5.32 Å². The van der Waals surface area contributed by atoms with E-state index in [2.05, 4.69) is 42.3 Å². The molecule has 2 aromatic rings. The molecule has 1 unspecified atom stereocenters. The van der Waals surface area contributed by atoms with Crippen molar-refractivity contribution < 1.29 is 15.0 Å². The van der Waals surface area contributed by atoms with Gasteiger partial charge < -0.3 is 25.3 Å². The van der Waals surface area contributed by atoms with Crippen molar-refractivity contribution in [3.63, 3.8) is 0 Å². The van der Waals surface area contributed by atoms with Crippen molar-refractivity contribution in [2.75, 3.05) is 32.7 Å². The molecule has 3 rings (SSSR count). The molecule has 1 heterocycles. The van der Waals surface area contributed by atoms with Gasteiger partial charge in [-0.1, -0.05) is 49.7 Å². The lowest BCUT2D eigenvalue weighted by Gasteiger charge is -2.26. The molecular formula is C25H34ClN3O3. The average molecular weight is 460 g/mol. The molecule has 1 saturated heterocycles. The van der Waals surface area contributed by atoms with Crippen LogP contribution in [0.15, 0.2) is 36.4 Å². The van der Waals surface area contributed by atoms with Crippen LogP contribution in [0, 0.1) is 0 Å². The van der Waals surface area contributed by atoms with E-state index in [1.807, 2.05) is 6.07 Å². The number of halogens is 1. The number of aromatic hydroxyl groups is 2. The van der Waals surface area contributed by atoms with Crippen LogP contribution in [-0.2, 0) is 6.54 Å². The Morgan fingerprint density at radius 3 is 2.72 bits per heavy atom. The molecule has 1 aliphatic heterocycles. The van der Waals surface area contributed by atoms with Crippen LogP contribution in [-0.4, -0.2) is 58.6 Å². The number of nitrogens with one attached hydrogen (secondary N) is 1. The third-order valence-electron chi connectivity index (χ3n) is 6.20. The van der Waals surface area contributed by atoms with Crippen LogP contribution >= 0.6 is 11.6 Å². The van der Waals surface area contributed by atoms with E-state index in [1.165, 1.54) is 11.6 Å².